The number of halogens is 3. The van der Waals surface area contributed by atoms with Gasteiger partial charge in [-0.2, -0.15) is 8.78 Å². The Morgan fingerprint density at radius 3 is 2.24 bits per heavy atom. The van der Waals surface area contributed by atoms with Crippen LogP contribution in [-0.4, -0.2) is 24.8 Å². The minimum absolute atomic E-state index is 0.0285. The molecule has 29 heavy (non-hydrogen) atoms. The first-order valence-corrected chi connectivity index (χ1v) is 11.9. The molecule has 1 aromatic carbocycles. The van der Waals surface area contributed by atoms with E-state index in [1.165, 1.54) is 26.0 Å². The zero-order chi connectivity index (χ0) is 22.2. The number of benzene rings is 1. The predicted octanol–water partition coefficient (Wildman–Crippen LogP) is 6.52. The van der Waals surface area contributed by atoms with Crippen LogP contribution in [0.25, 0.3) is 10.1 Å². The lowest BCUT2D eigenvalue weighted by Crippen LogP contribution is -2.23. The van der Waals surface area contributed by atoms with Crippen molar-refractivity contribution < 1.29 is 31.9 Å². The Hall–Kier alpha value is -1.06. The molecule has 0 amide bonds. The molecule has 2 N–H and O–H groups in total. The van der Waals surface area contributed by atoms with Crippen LogP contribution in [0, 0.1) is 0 Å². The largest absolute Gasteiger partial charge is 0.456 e. The van der Waals surface area contributed by atoms with Crippen molar-refractivity contribution in [1.82, 2.24) is 0 Å². The number of nitrogens with two attached hydrogens (primary N) is 1. The molecular formula is C18H23BrF2NO5PS. The highest BCUT2D eigenvalue weighted by Crippen LogP contribution is 2.69. The smallest absolute Gasteiger partial charge is 0.405 e. The molecule has 162 valence electrons. The monoisotopic (exact) mass is 513 g/mol. The minimum atomic E-state index is -4.79. The van der Waals surface area contributed by atoms with Crippen LogP contribution in [0.5, 0.6) is 0 Å². The number of alkyl halides is 2. The van der Waals surface area contributed by atoms with Crippen LogP contribution < -0.4 is 5.73 Å². The van der Waals surface area contributed by atoms with Gasteiger partial charge in [-0.3, -0.25) is 4.57 Å². The zero-order valence-electron chi connectivity index (χ0n) is 16.7. The topological polar surface area (TPSA) is 87.9 Å². The summed E-state index contributed by atoms with van der Waals surface area (Å²) in [5, 5.41) is 0.282. The molecule has 0 unspecified atom stereocenters. The molecule has 2 aromatic rings. The van der Waals surface area contributed by atoms with Gasteiger partial charge in [-0.05, 0) is 62.7 Å². The van der Waals surface area contributed by atoms with Crippen LogP contribution in [0.15, 0.2) is 16.6 Å². The van der Waals surface area contributed by atoms with Crippen molar-refractivity contribution in [2.24, 2.45) is 0 Å². The van der Waals surface area contributed by atoms with Crippen molar-refractivity contribution in [1.29, 1.82) is 0 Å². The Labute approximate surface area is 180 Å². The third kappa shape index (κ3) is 4.82. The highest BCUT2D eigenvalue weighted by atomic mass is 79.9. The maximum Gasteiger partial charge on any atom is 0.405 e. The standard InChI is InChI=1S/C18H23BrF2NO5PS/c1-6-25-28(24,26-7-2)18(20,21)15-13(19)11-8-10(9-12(22)14(11)29-15)16(23)27-17(3,4)5/h8-9H,6-7,22H2,1-5H3. The van der Waals surface area contributed by atoms with Crippen LogP contribution in [0.1, 0.15) is 49.9 Å². The third-order valence-corrected chi connectivity index (χ3v) is 8.28. The second kappa shape index (κ2) is 8.59. The van der Waals surface area contributed by atoms with E-state index in [2.05, 4.69) is 15.9 Å². The molecule has 6 nitrogen and oxygen atoms in total. The Kier molecular flexibility index (Phi) is 7.17. The van der Waals surface area contributed by atoms with E-state index in [1.54, 1.807) is 20.8 Å². The summed E-state index contributed by atoms with van der Waals surface area (Å²) in [7, 11) is -4.79. The highest BCUT2D eigenvalue weighted by molar-refractivity contribution is 9.10. The van der Waals surface area contributed by atoms with Gasteiger partial charge in [-0.25, -0.2) is 4.79 Å². The molecule has 0 spiro atoms. The third-order valence-electron chi connectivity index (χ3n) is 3.61. The van der Waals surface area contributed by atoms with E-state index in [1.807, 2.05) is 0 Å². The lowest BCUT2D eigenvalue weighted by atomic mass is 10.1. The lowest BCUT2D eigenvalue weighted by molar-refractivity contribution is 0.00697. The van der Waals surface area contributed by atoms with Crippen LogP contribution in [-0.2, 0) is 24.0 Å². The van der Waals surface area contributed by atoms with Crippen LogP contribution in [0.2, 0.25) is 0 Å². The highest BCUT2D eigenvalue weighted by Gasteiger charge is 2.57. The van der Waals surface area contributed by atoms with Gasteiger partial charge in [0.05, 0.1) is 29.2 Å². The number of carbonyl (C=O) groups is 1. The molecule has 0 aliphatic heterocycles. The van der Waals surface area contributed by atoms with E-state index in [9.17, 15) is 9.36 Å². The van der Waals surface area contributed by atoms with Gasteiger partial charge in [0, 0.05) is 9.86 Å². The van der Waals surface area contributed by atoms with E-state index in [0.29, 0.717) is 16.0 Å². The van der Waals surface area contributed by atoms with Crippen molar-refractivity contribution >= 4 is 56.6 Å². The van der Waals surface area contributed by atoms with Gasteiger partial charge >= 0.3 is 19.2 Å². The summed E-state index contributed by atoms with van der Waals surface area (Å²) in [6.45, 7) is 7.63. The second-order valence-corrected chi connectivity index (χ2v) is 11.0. The van der Waals surface area contributed by atoms with Gasteiger partial charge < -0.3 is 19.5 Å². The van der Waals surface area contributed by atoms with Gasteiger partial charge in [0.15, 0.2) is 0 Å². The van der Waals surface area contributed by atoms with Crippen molar-refractivity contribution in [3.63, 3.8) is 0 Å². The number of rotatable bonds is 7. The average Bonchev–Trinajstić information content (AvgIpc) is 2.92. The van der Waals surface area contributed by atoms with Gasteiger partial charge in [0.25, 0.3) is 0 Å². The van der Waals surface area contributed by atoms with E-state index in [4.69, 9.17) is 19.5 Å². The molecule has 1 heterocycles. The second-order valence-electron chi connectivity index (χ2n) is 7.06. The summed E-state index contributed by atoms with van der Waals surface area (Å²) in [6, 6.07) is 2.78. The summed E-state index contributed by atoms with van der Waals surface area (Å²) in [5.41, 5.74) is 1.61. The number of thiophene rings is 1. The Morgan fingerprint density at radius 1 is 1.21 bits per heavy atom. The summed E-state index contributed by atoms with van der Waals surface area (Å²) < 4.78 is 58.5. The number of nitrogen functional groups attached to an aromatic ring is 1. The molecule has 0 saturated heterocycles. The molecule has 11 heteroatoms. The molecule has 0 saturated carbocycles. The first-order valence-electron chi connectivity index (χ1n) is 8.79. The maximum atomic E-state index is 15.2. The van der Waals surface area contributed by atoms with Gasteiger partial charge in [0.1, 0.15) is 10.5 Å². The first kappa shape index (κ1) is 24.2. The number of anilines is 1. The molecule has 1 aromatic heterocycles. The van der Waals surface area contributed by atoms with E-state index in [-0.39, 0.29) is 34.3 Å². The fourth-order valence-corrected chi connectivity index (χ4v) is 6.48. The van der Waals surface area contributed by atoms with Crippen LogP contribution in [0.3, 0.4) is 0 Å². The first-order chi connectivity index (χ1) is 13.3. The van der Waals surface area contributed by atoms with Crippen LogP contribution >= 0.6 is 34.9 Å². The Bertz CT molecular complexity index is 963. The number of ether oxygens (including phenoxy) is 1. The molecule has 0 aliphatic rings. The number of hydrogen-bond acceptors (Lipinski definition) is 7. The number of carbonyl (C=O) groups excluding carboxylic acids is 1. The van der Waals surface area contributed by atoms with Crippen molar-refractivity contribution in [2.45, 2.75) is 45.9 Å². The minimum Gasteiger partial charge on any atom is -0.456 e. The SMILES string of the molecule is CCOP(=O)(OCC)C(F)(F)c1sc2c(N)cc(C(=O)OC(C)(C)C)cc2c1Br. The number of fused-ring (bicyclic) bond motifs is 1. The van der Waals surface area contributed by atoms with E-state index in [0.717, 1.165) is 0 Å². The quantitative estimate of drug-likeness (QED) is 0.257. The molecule has 0 fully saturated rings. The summed E-state index contributed by atoms with van der Waals surface area (Å²) in [5.74, 6) is -0.633. The molecule has 0 atom stereocenters. The van der Waals surface area contributed by atoms with E-state index < -0.39 is 29.7 Å². The van der Waals surface area contributed by atoms with Crippen molar-refractivity contribution in [3.05, 3.63) is 27.0 Å². The zero-order valence-corrected chi connectivity index (χ0v) is 20.0. The van der Waals surface area contributed by atoms with Gasteiger partial charge in [0.2, 0.25) is 0 Å². The van der Waals surface area contributed by atoms with Crippen molar-refractivity contribution in [2.75, 3.05) is 18.9 Å². The lowest BCUT2D eigenvalue weighted by Gasteiger charge is -2.25. The summed E-state index contributed by atoms with van der Waals surface area (Å²) >= 11 is 3.82. The molecule has 0 aliphatic carbocycles. The van der Waals surface area contributed by atoms with Crippen molar-refractivity contribution in [3.8, 4) is 0 Å². The fraction of sp³-hybridized carbons (Fsp3) is 0.500. The average molecular weight is 514 g/mol. The normalized spacial score (nSPS) is 13.1. The van der Waals surface area contributed by atoms with E-state index >= 15 is 8.78 Å². The van der Waals surface area contributed by atoms with Crippen LogP contribution in [0.4, 0.5) is 14.5 Å². The molecule has 0 bridgehead atoms. The number of hydrogen-bond donors (Lipinski definition) is 1. The molecular weight excluding hydrogens is 491 g/mol. The van der Waals surface area contributed by atoms with Gasteiger partial charge in [-0.1, -0.05) is 0 Å². The summed E-state index contributed by atoms with van der Waals surface area (Å²) in [4.78, 5) is 11.8. The summed E-state index contributed by atoms with van der Waals surface area (Å²) in [6.07, 6.45) is 0. The molecule has 0 radical (unpaired) electrons. The van der Waals surface area contributed by atoms with Gasteiger partial charge in [-0.15, -0.1) is 11.3 Å². The Balaban J connectivity index is 2.63. The molecule has 2 rings (SSSR count). The maximum absolute atomic E-state index is 15.2. The number of esters is 1. The predicted molar refractivity (Wildman–Crippen MR) is 114 cm³/mol. The fourth-order valence-electron chi connectivity index (χ4n) is 2.51. The Morgan fingerprint density at radius 2 is 1.76 bits per heavy atom.